The van der Waals surface area contributed by atoms with Crippen LogP contribution in [0.15, 0.2) is 36.4 Å². The van der Waals surface area contributed by atoms with Crippen molar-refractivity contribution in [3.05, 3.63) is 53.2 Å². The molecule has 1 saturated carbocycles. The van der Waals surface area contributed by atoms with Gasteiger partial charge in [-0.2, -0.15) is 0 Å². The van der Waals surface area contributed by atoms with E-state index in [1.165, 1.54) is 5.56 Å². The molecule has 1 aromatic carbocycles. The molecular weight excluding hydrogens is 328 g/mol. The first kappa shape index (κ1) is 16.9. The number of nitrogens with zero attached hydrogens (tertiary/aromatic N) is 1. The number of carboxylic acids is 1. The lowest BCUT2D eigenvalue weighted by Crippen LogP contribution is -2.22. The van der Waals surface area contributed by atoms with E-state index in [0.29, 0.717) is 12.5 Å². The van der Waals surface area contributed by atoms with Crippen LogP contribution in [0, 0.1) is 5.92 Å². The zero-order valence-corrected chi connectivity index (χ0v) is 14.7. The van der Waals surface area contributed by atoms with Crippen molar-refractivity contribution in [3.63, 3.8) is 0 Å². The van der Waals surface area contributed by atoms with Crippen LogP contribution >= 0.6 is 0 Å². The summed E-state index contributed by atoms with van der Waals surface area (Å²) in [5.41, 5.74) is 3.49. The van der Waals surface area contributed by atoms with E-state index in [1.54, 1.807) is 0 Å². The number of nitrogens with one attached hydrogen (secondary N) is 1. The number of anilines is 1. The maximum absolute atomic E-state index is 10.7. The minimum absolute atomic E-state index is 0.147. The van der Waals surface area contributed by atoms with E-state index in [1.807, 2.05) is 24.3 Å². The summed E-state index contributed by atoms with van der Waals surface area (Å²) in [6.45, 7) is 1.56. The molecule has 2 unspecified atom stereocenters. The molecule has 0 saturated heterocycles. The summed E-state index contributed by atoms with van der Waals surface area (Å²) in [6, 6.07) is 12.2. The first-order valence-corrected chi connectivity index (χ1v) is 9.34. The van der Waals surface area contributed by atoms with Gasteiger partial charge in [-0.1, -0.05) is 18.2 Å². The summed E-state index contributed by atoms with van der Waals surface area (Å²) in [6.07, 6.45) is 4.09. The van der Waals surface area contributed by atoms with Crippen LogP contribution in [0.2, 0.25) is 0 Å². The molecule has 4 rings (SSSR count). The summed E-state index contributed by atoms with van der Waals surface area (Å²) in [5.74, 6) is 1.42. The van der Waals surface area contributed by atoms with Gasteiger partial charge >= 0.3 is 0 Å². The van der Waals surface area contributed by atoms with E-state index in [0.717, 1.165) is 55.1 Å². The lowest BCUT2D eigenvalue weighted by atomic mass is 10.1. The van der Waals surface area contributed by atoms with Crippen LogP contribution in [0.4, 0.5) is 5.82 Å². The van der Waals surface area contributed by atoms with Gasteiger partial charge in [0.2, 0.25) is 0 Å². The van der Waals surface area contributed by atoms with E-state index in [4.69, 9.17) is 4.74 Å². The van der Waals surface area contributed by atoms with Crippen molar-refractivity contribution in [2.45, 2.75) is 38.0 Å². The number of pyridine rings is 1. The number of carbonyl (C=O) groups is 1. The number of ether oxygens (including phenoxy) is 1. The summed E-state index contributed by atoms with van der Waals surface area (Å²) in [5, 5.41) is 14.1. The highest BCUT2D eigenvalue weighted by Crippen LogP contribution is 2.49. The molecule has 5 heteroatoms. The van der Waals surface area contributed by atoms with Gasteiger partial charge in [-0.05, 0) is 66.8 Å². The predicted octanol–water partition coefficient (Wildman–Crippen LogP) is 2.30. The molecule has 5 nitrogen and oxygen atoms in total. The third-order valence-electron chi connectivity index (χ3n) is 5.22. The second kappa shape index (κ2) is 7.36. The minimum atomic E-state index is -0.961. The van der Waals surface area contributed by atoms with E-state index < -0.39 is 5.97 Å². The van der Waals surface area contributed by atoms with Crippen LogP contribution in [0.5, 0.6) is 5.75 Å². The Labute approximate surface area is 153 Å². The van der Waals surface area contributed by atoms with Crippen LogP contribution in [0.1, 0.15) is 42.0 Å². The van der Waals surface area contributed by atoms with Crippen LogP contribution in [0.25, 0.3) is 0 Å². The van der Waals surface area contributed by atoms with E-state index in [9.17, 15) is 9.90 Å². The fourth-order valence-electron chi connectivity index (χ4n) is 3.71. The highest BCUT2D eigenvalue weighted by atomic mass is 16.5. The Kier molecular flexibility index (Phi) is 4.78. The number of rotatable bonds is 7. The number of hydrogen-bond acceptors (Lipinski definition) is 5. The largest absolute Gasteiger partial charge is 0.550 e. The smallest absolute Gasteiger partial charge is 0.129 e. The van der Waals surface area contributed by atoms with Gasteiger partial charge in [0.1, 0.15) is 11.6 Å². The Morgan fingerprint density at radius 3 is 3.12 bits per heavy atom. The maximum Gasteiger partial charge on any atom is 0.129 e. The van der Waals surface area contributed by atoms with Gasteiger partial charge in [-0.25, -0.2) is 4.98 Å². The monoisotopic (exact) mass is 351 g/mol. The van der Waals surface area contributed by atoms with Gasteiger partial charge in [0.25, 0.3) is 0 Å². The molecule has 0 bridgehead atoms. The van der Waals surface area contributed by atoms with Gasteiger partial charge in [0, 0.05) is 24.6 Å². The number of hydrogen-bond donors (Lipinski definition) is 1. The Hall–Kier alpha value is -2.56. The molecule has 1 aliphatic carbocycles. The number of aromatic nitrogens is 1. The molecule has 0 spiro atoms. The molecule has 2 aromatic rings. The van der Waals surface area contributed by atoms with Crippen LogP contribution < -0.4 is 15.2 Å². The van der Waals surface area contributed by atoms with Crippen molar-refractivity contribution in [1.82, 2.24) is 4.98 Å². The van der Waals surface area contributed by atoms with Gasteiger partial charge in [0.05, 0.1) is 6.61 Å². The summed E-state index contributed by atoms with van der Waals surface area (Å²) < 4.78 is 5.90. The van der Waals surface area contributed by atoms with Gasteiger partial charge in [-0.15, -0.1) is 0 Å². The second-order valence-corrected chi connectivity index (χ2v) is 7.19. The van der Waals surface area contributed by atoms with Crippen molar-refractivity contribution in [2.75, 3.05) is 18.5 Å². The van der Waals surface area contributed by atoms with Crippen molar-refractivity contribution in [1.29, 1.82) is 0 Å². The average molecular weight is 351 g/mol. The average Bonchev–Trinajstić information content (AvgIpc) is 3.40. The molecule has 2 heterocycles. The molecule has 26 heavy (non-hydrogen) atoms. The van der Waals surface area contributed by atoms with Crippen LogP contribution in [0.3, 0.4) is 0 Å². The quantitative estimate of drug-likeness (QED) is 0.828. The van der Waals surface area contributed by atoms with Gasteiger partial charge in [0.15, 0.2) is 0 Å². The van der Waals surface area contributed by atoms with Crippen LogP contribution in [-0.2, 0) is 17.6 Å². The topological polar surface area (TPSA) is 74.3 Å². The predicted molar refractivity (Wildman–Crippen MR) is 97.2 cm³/mol. The SMILES string of the molecule is O=C([O-])CC1CC1c1cccc(OCCc2ccc3c(n2)NCCC3)c1. The Balaban J connectivity index is 1.31. The molecule has 1 aromatic heterocycles. The number of carboxylic acid groups (broad SMARTS) is 1. The molecule has 0 amide bonds. The van der Waals surface area contributed by atoms with Crippen molar-refractivity contribution >= 4 is 11.8 Å². The van der Waals surface area contributed by atoms with Gasteiger partial charge in [-0.3, -0.25) is 0 Å². The zero-order valence-electron chi connectivity index (χ0n) is 14.7. The summed E-state index contributed by atoms with van der Waals surface area (Å²) >= 11 is 0. The molecule has 136 valence electrons. The lowest BCUT2D eigenvalue weighted by Gasteiger charge is -2.17. The Bertz CT molecular complexity index is 806. The number of aryl methyl sites for hydroxylation is 1. The normalized spacial score (nSPS) is 20.8. The minimum Gasteiger partial charge on any atom is -0.550 e. The molecular formula is C21H23N2O3-. The third-order valence-corrected chi connectivity index (χ3v) is 5.22. The van der Waals surface area contributed by atoms with Crippen molar-refractivity contribution in [3.8, 4) is 5.75 Å². The van der Waals surface area contributed by atoms with Crippen molar-refractivity contribution in [2.24, 2.45) is 5.92 Å². The highest BCUT2D eigenvalue weighted by Gasteiger charge is 2.38. The zero-order chi connectivity index (χ0) is 17.9. The van der Waals surface area contributed by atoms with E-state index in [2.05, 4.69) is 22.4 Å². The number of carbonyl (C=O) groups excluding carboxylic acids is 1. The fourth-order valence-corrected chi connectivity index (χ4v) is 3.71. The van der Waals surface area contributed by atoms with E-state index in [-0.39, 0.29) is 12.3 Å². The molecule has 1 aliphatic heterocycles. The van der Waals surface area contributed by atoms with Crippen LogP contribution in [-0.4, -0.2) is 24.1 Å². The van der Waals surface area contributed by atoms with Crippen molar-refractivity contribution < 1.29 is 14.6 Å². The Morgan fingerprint density at radius 2 is 2.23 bits per heavy atom. The first-order chi connectivity index (χ1) is 12.7. The highest BCUT2D eigenvalue weighted by molar-refractivity contribution is 5.65. The molecule has 1 fully saturated rings. The number of aliphatic carboxylic acids is 1. The van der Waals surface area contributed by atoms with E-state index >= 15 is 0 Å². The lowest BCUT2D eigenvalue weighted by molar-refractivity contribution is -0.306. The standard InChI is InChI=1S/C21H24N2O3/c24-20(25)13-16-12-19(16)15-3-1-5-18(11-15)26-10-8-17-7-6-14-4-2-9-22-21(14)23-17/h1,3,5-7,11,16,19H,2,4,8-10,12-13H2,(H,22,23)(H,24,25)/p-1. The maximum atomic E-state index is 10.7. The molecule has 0 radical (unpaired) electrons. The number of benzene rings is 1. The molecule has 2 aliphatic rings. The molecule has 1 N–H and O–H groups in total. The summed E-state index contributed by atoms with van der Waals surface area (Å²) in [7, 11) is 0. The second-order valence-electron chi connectivity index (χ2n) is 7.19. The fraction of sp³-hybridized carbons (Fsp3) is 0.429. The molecule has 2 atom stereocenters. The third kappa shape index (κ3) is 3.98. The first-order valence-electron chi connectivity index (χ1n) is 9.34. The number of fused-ring (bicyclic) bond motifs is 1. The summed E-state index contributed by atoms with van der Waals surface area (Å²) in [4.78, 5) is 15.4. The Morgan fingerprint density at radius 1 is 1.31 bits per heavy atom. The van der Waals surface area contributed by atoms with Gasteiger partial charge < -0.3 is 20.0 Å².